The molecule has 0 atom stereocenters. The van der Waals surface area contributed by atoms with Crippen molar-refractivity contribution in [3.8, 4) is 18.2 Å². The van der Waals surface area contributed by atoms with Gasteiger partial charge in [-0.1, -0.05) is 17.5 Å². The molecule has 0 bridgehead atoms. The number of carbonyl (C=O) groups is 1. The van der Waals surface area contributed by atoms with E-state index in [4.69, 9.17) is 27.9 Å². The van der Waals surface area contributed by atoms with Crippen molar-refractivity contribution < 1.29 is 14.6 Å². The van der Waals surface area contributed by atoms with Gasteiger partial charge in [-0.15, -0.1) is 6.42 Å². The third-order valence-electron chi connectivity index (χ3n) is 1.73. The van der Waals surface area contributed by atoms with E-state index >= 15 is 0 Å². The van der Waals surface area contributed by atoms with Gasteiger partial charge in [0, 0.05) is 6.07 Å². The van der Waals surface area contributed by atoms with E-state index < -0.39 is 11.6 Å². The van der Waals surface area contributed by atoms with Gasteiger partial charge in [0.05, 0.1) is 5.02 Å². The predicted octanol–water partition coefficient (Wildman–Crippen LogP) is 2.22. The highest BCUT2D eigenvalue weighted by Crippen LogP contribution is 2.21. The molecule has 1 aromatic rings. The molecule has 0 aliphatic heterocycles. The molecule has 0 aromatic carbocycles. The molecule has 0 radical (unpaired) electrons. The van der Waals surface area contributed by atoms with E-state index in [-0.39, 0.29) is 16.6 Å². The van der Waals surface area contributed by atoms with Crippen LogP contribution in [0, 0.1) is 12.3 Å². The van der Waals surface area contributed by atoms with E-state index in [2.05, 4.69) is 10.9 Å². The lowest BCUT2D eigenvalue weighted by Gasteiger charge is -2.19. The number of halogens is 1. The van der Waals surface area contributed by atoms with Gasteiger partial charge in [-0.25, -0.2) is 9.78 Å². The molecular weight excluding hydrogens is 230 g/mol. The highest BCUT2D eigenvalue weighted by atomic mass is 35.5. The molecule has 1 N–H and O–H groups in total. The number of pyridine rings is 1. The van der Waals surface area contributed by atoms with Crippen molar-refractivity contribution in [2.24, 2.45) is 0 Å². The maximum atomic E-state index is 10.8. The molecule has 0 unspecified atom stereocenters. The van der Waals surface area contributed by atoms with Crippen LogP contribution >= 0.6 is 11.6 Å². The first-order valence-corrected chi connectivity index (χ1v) is 4.80. The van der Waals surface area contributed by atoms with Crippen molar-refractivity contribution in [2.45, 2.75) is 19.4 Å². The summed E-state index contributed by atoms with van der Waals surface area (Å²) in [5, 5.41) is 8.86. The van der Waals surface area contributed by atoms with Crippen LogP contribution in [-0.2, 0) is 0 Å². The minimum absolute atomic E-state index is 0.0540. The Morgan fingerprint density at radius 1 is 1.62 bits per heavy atom. The summed E-state index contributed by atoms with van der Waals surface area (Å²) in [4.78, 5) is 14.5. The van der Waals surface area contributed by atoms with Gasteiger partial charge < -0.3 is 9.84 Å². The second-order valence-electron chi connectivity index (χ2n) is 3.54. The van der Waals surface area contributed by atoms with Gasteiger partial charge in [0.25, 0.3) is 0 Å². The first-order chi connectivity index (χ1) is 7.35. The first-order valence-electron chi connectivity index (χ1n) is 4.42. The van der Waals surface area contributed by atoms with E-state index in [0.29, 0.717) is 0 Å². The summed E-state index contributed by atoms with van der Waals surface area (Å²) in [5.41, 5.74) is -1.11. The lowest BCUT2D eigenvalue weighted by molar-refractivity contribution is 0.0687. The lowest BCUT2D eigenvalue weighted by atomic mass is 10.1. The zero-order valence-electron chi connectivity index (χ0n) is 8.82. The van der Waals surface area contributed by atoms with E-state index in [9.17, 15) is 4.79 Å². The van der Waals surface area contributed by atoms with Crippen LogP contribution in [0.1, 0.15) is 24.3 Å². The molecule has 16 heavy (non-hydrogen) atoms. The topological polar surface area (TPSA) is 59.4 Å². The molecule has 0 spiro atoms. The van der Waals surface area contributed by atoms with Crippen LogP contribution in [-0.4, -0.2) is 21.7 Å². The first kappa shape index (κ1) is 12.3. The molecule has 1 aromatic heterocycles. The molecule has 1 heterocycles. The summed E-state index contributed by atoms with van der Waals surface area (Å²) in [6.45, 7) is 3.34. The summed E-state index contributed by atoms with van der Waals surface area (Å²) in [7, 11) is 0. The van der Waals surface area contributed by atoms with Crippen LogP contribution in [0.15, 0.2) is 12.1 Å². The Hall–Kier alpha value is -1.73. The fourth-order valence-corrected chi connectivity index (χ4v) is 1.11. The van der Waals surface area contributed by atoms with E-state index in [0.717, 1.165) is 0 Å². The Morgan fingerprint density at radius 3 is 2.75 bits per heavy atom. The van der Waals surface area contributed by atoms with Crippen LogP contribution < -0.4 is 4.74 Å². The lowest BCUT2D eigenvalue weighted by Crippen LogP contribution is -2.26. The quantitative estimate of drug-likeness (QED) is 0.822. The fourth-order valence-electron chi connectivity index (χ4n) is 0.922. The summed E-state index contributed by atoms with van der Waals surface area (Å²) in [6, 6.07) is 2.87. The molecule has 0 fully saturated rings. The van der Waals surface area contributed by atoms with Crippen molar-refractivity contribution >= 4 is 17.6 Å². The molecule has 1 rings (SSSR count). The molecule has 0 saturated heterocycles. The molecule has 0 amide bonds. The number of carboxylic acids is 1. The van der Waals surface area contributed by atoms with Crippen molar-refractivity contribution in [1.82, 2.24) is 4.98 Å². The second kappa shape index (κ2) is 4.42. The van der Waals surface area contributed by atoms with Gasteiger partial charge in [-0.05, 0) is 19.9 Å². The number of carboxylic acid groups (broad SMARTS) is 1. The number of hydrogen-bond donors (Lipinski definition) is 1. The molecule has 0 saturated carbocycles. The van der Waals surface area contributed by atoms with E-state index in [1.165, 1.54) is 12.1 Å². The van der Waals surface area contributed by atoms with Crippen LogP contribution in [0.3, 0.4) is 0 Å². The average molecular weight is 240 g/mol. The summed E-state index contributed by atoms with van der Waals surface area (Å²) in [5.74, 6) is 1.33. The van der Waals surface area contributed by atoms with Crippen LogP contribution in [0.2, 0.25) is 5.02 Å². The van der Waals surface area contributed by atoms with Crippen molar-refractivity contribution in [3.05, 3.63) is 22.8 Å². The average Bonchev–Trinajstić information content (AvgIpc) is 2.20. The molecule has 84 valence electrons. The third kappa shape index (κ3) is 2.88. The van der Waals surface area contributed by atoms with Crippen LogP contribution in [0.25, 0.3) is 0 Å². The zero-order chi connectivity index (χ0) is 12.3. The van der Waals surface area contributed by atoms with Gasteiger partial charge in [-0.2, -0.15) is 0 Å². The smallest absolute Gasteiger partial charge is 0.356 e. The number of aromatic carboxylic acids is 1. The largest absolute Gasteiger partial charge is 0.476 e. The predicted molar refractivity (Wildman–Crippen MR) is 59.7 cm³/mol. The highest BCUT2D eigenvalue weighted by molar-refractivity contribution is 6.33. The Labute approximate surface area is 98.2 Å². The maximum Gasteiger partial charge on any atom is 0.356 e. The minimum atomic E-state index is -1.21. The normalized spacial score (nSPS) is 10.6. The number of ether oxygens (including phenoxy) is 1. The summed E-state index contributed by atoms with van der Waals surface area (Å²) in [6.07, 6.45) is 5.24. The monoisotopic (exact) mass is 239 g/mol. The Balaban J connectivity index is 3.06. The molecule has 0 aliphatic carbocycles. The molecule has 5 heteroatoms. The third-order valence-corrected chi connectivity index (χ3v) is 2.04. The van der Waals surface area contributed by atoms with Gasteiger partial charge in [-0.3, -0.25) is 0 Å². The fraction of sp³-hybridized carbons (Fsp3) is 0.273. The highest BCUT2D eigenvalue weighted by Gasteiger charge is 2.18. The maximum absolute atomic E-state index is 10.8. The Kier molecular flexibility index (Phi) is 3.41. The van der Waals surface area contributed by atoms with Crippen molar-refractivity contribution in [1.29, 1.82) is 0 Å². The number of terminal acetylenes is 1. The van der Waals surface area contributed by atoms with E-state index in [1.807, 2.05) is 0 Å². The van der Waals surface area contributed by atoms with Gasteiger partial charge >= 0.3 is 5.97 Å². The number of hydrogen-bond acceptors (Lipinski definition) is 3. The zero-order valence-corrected chi connectivity index (χ0v) is 9.58. The number of rotatable bonds is 3. The Bertz CT molecular complexity index is 463. The SMILES string of the molecule is C#CC(C)(C)Oc1ccc(Cl)c(C(=O)O)n1. The van der Waals surface area contributed by atoms with Gasteiger partial charge in [0.15, 0.2) is 11.3 Å². The van der Waals surface area contributed by atoms with Gasteiger partial charge in [0.2, 0.25) is 5.88 Å². The number of aromatic nitrogens is 1. The summed E-state index contributed by atoms with van der Waals surface area (Å²) >= 11 is 5.66. The Morgan fingerprint density at radius 2 is 2.25 bits per heavy atom. The number of nitrogens with zero attached hydrogens (tertiary/aromatic N) is 1. The minimum Gasteiger partial charge on any atom is -0.476 e. The van der Waals surface area contributed by atoms with E-state index in [1.54, 1.807) is 13.8 Å². The molecule has 0 aliphatic rings. The molecular formula is C11H10ClNO3. The molecule has 4 nitrogen and oxygen atoms in total. The second-order valence-corrected chi connectivity index (χ2v) is 3.95. The van der Waals surface area contributed by atoms with Crippen molar-refractivity contribution in [3.63, 3.8) is 0 Å². The van der Waals surface area contributed by atoms with Gasteiger partial charge in [0.1, 0.15) is 0 Å². The van der Waals surface area contributed by atoms with Crippen LogP contribution in [0.5, 0.6) is 5.88 Å². The van der Waals surface area contributed by atoms with Crippen molar-refractivity contribution in [2.75, 3.05) is 0 Å². The summed E-state index contributed by atoms with van der Waals surface area (Å²) < 4.78 is 5.33. The standard InChI is InChI=1S/C11H10ClNO3/c1-4-11(2,3)16-8-6-5-7(12)9(13-8)10(14)15/h1,5-6H,2-3H3,(H,14,15). The van der Waals surface area contributed by atoms with Crippen LogP contribution in [0.4, 0.5) is 0 Å².